The average molecular weight is 106 g/mol. The molecule has 0 N–H and O–H groups in total. The smallest absolute Gasteiger partial charge is 0.117 e. The second kappa shape index (κ2) is 1.87. The molecule has 0 aromatic heterocycles. The molecule has 0 fully saturated rings. The molecule has 8 heavy (non-hydrogen) atoms. The highest BCUT2D eigenvalue weighted by molar-refractivity contribution is 5.24. The van der Waals surface area contributed by atoms with Gasteiger partial charge in [-0.1, -0.05) is 0 Å². The zero-order valence-corrected chi connectivity index (χ0v) is 4.68. The number of nitrogens with zero attached hydrogens (tertiary/aromatic N) is 2. The second-order valence-electron chi connectivity index (χ2n) is 1.62. The zero-order valence-electron chi connectivity index (χ0n) is 4.68. The lowest BCUT2D eigenvalue weighted by Gasteiger charge is -2.06. The molecule has 0 aliphatic carbocycles. The number of rotatable bonds is 0. The Balaban J connectivity index is 2.66. The van der Waals surface area contributed by atoms with Crippen LogP contribution in [0.3, 0.4) is 0 Å². The van der Waals surface area contributed by atoms with Gasteiger partial charge in [0.25, 0.3) is 0 Å². The van der Waals surface area contributed by atoms with Gasteiger partial charge in [-0.25, -0.2) is 0 Å². The lowest BCUT2D eigenvalue weighted by atomic mass is 10.4. The average Bonchev–Trinajstić information content (AvgIpc) is 2.14. The maximum atomic E-state index is 8.34. The van der Waals surface area contributed by atoms with E-state index in [-0.39, 0.29) is 0 Å². The van der Waals surface area contributed by atoms with Crippen LogP contribution in [0.4, 0.5) is 0 Å². The first-order valence-electron chi connectivity index (χ1n) is 2.42. The van der Waals surface area contributed by atoms with Crippen molar-refractivity contribution in [2.24, 2.45) is 0 Å². The van der Waals surface area contributed by atoms with Gasteiger partial charge in [-0.05, 0) is 12.5 Å². The minimum Gasteiger partial charge on any atom is -0.355 e. The van der Waals surface area contributed by atoms with Gasteiger partial charge in [0, 0.05) is 7.05 Å². The van der Waals surface area contributed by atoms with E-state index in [2.05, 4.69) is 6.54 Å². The molecule has 2 nitrogen and oxygen atoms in total. The molecule has 1 aliphatic heterocycles. The van der Waals surface area contributed by atoms with Crippen LogP contribution in [0.2, 0.25) is 0 Å². The first-order valence-corrected chi connectivity index (χ1v) is 2.42. The molecule has 0 atom stereocenters. The summed E-state index contributed by atoms with van der Waals surface area (Å²) < 4.78 is 0. The lowest BCUT2D eigenvalue weighted by molar-refractivity contribution is 0.549. The molecule has 0 saturated heterocycles. The van der Waals surface area contributed by atoms with Gasteiger partial charge in [0.2, 0.25) is 0 Å². The van der Waals surface area contributed by atoms with Crippen LogP contribution in [0.15, 0.2) is 11.8 Å². The molecule has 0 aromatic rings. The summed E-state index contributed by atoms with van der Waals surface area (Å²) >= 11 is 0. The van der Waals surface area contributed by atoms with E-state index >= 15 is 0 Å². The Morgan fingerprint density at radius 2 is 2.75 bits per heavy atom. The van der Waals surface area contributed by atoms with E-state index in [9.17, 15) is 0 Å². The van der Waals surface area contributed by atoms with Crippen LogP contribution in [-0.2, 0) is 0 Å². The predicted molar refractivity (Wildman–Crippen MR) is 29.3 cm³/mol. The van der Waals surface area contributed by atoms with Crippen LogP contribution in [0.1, 0.15) is 6.42 Å². The topological polar surface area (TPSA) is 27.0 Å². The minimum absolute atomic E-state index is 0.699. The van der Waals surface area contributed by atoms with Crippen molar-refractivity contribution in [3.63, 3.8) is 0 Å². The van der Waals surface area contributed by atoms with Crippen molar-refractivity contribution in [3.05, 3.63) is 18.3 Å². The van der Waals surface area contributed by atoms with Gasteiger partial charge in [0.05, 0.1) is 6.54 Å². The van der Waals surface area contributed by atoms with Crippen molar-refractivity contribution in [3.8, 4) is 6.07 Å². The third kappa shape index (κ3) is 0.671. The van der Waals surface area contributed by atoms with E-state index in [1.54, 1.807) is 4.90 Å². The molecule has 0 bridgehead atoms. The van der Waals surface area contributed by atoms with Crippen molar-refractivity contribution >= 4 is 0 Å². The Hall–Kier alpha value is -0.970. The van der Waals surface area contributed by atoms with E-state index in [1.807, 2.05) is 19.2 Å². The summed E-state index contributed by atoms with van der Waals surface area (Å²) in [7, 11) is 1.82. The van der Waals surface area contributed by atoms with Crippen LogP contribution < -0.4 is 0 Å². The molecule has 0 unspecified atom stereocenters. The van der Waals surface area contributed by atoms with Gasteiger partial charge in [0.15, 0.2) is 0 Å². The van der Waals surface area contributed by atoms with E-state index < -0.39 is 0 Å². The third-order valence-electron chi connectivity index (χ3n) is 1.10. The Morgan fingerprint density at radius 1 is 2.00 bits per heavy atom. The van der Waals surface area contributed by atoms with Crippen molar-refractivity contribution < 1.29 is 0 Å². The normalized spacial score (nSPS) is 18.0. The first-order chi connectivity index (χ1) is 3.84. The van der Waals surface area contributed by atoms with Crippen LogP contribution in [-0.4, -0.2) is 11.9 Å². The summed E-state index contributed by atoms with van der Waals surface area (Å²) in [6.07, 6.45) is 2.62. The third-order valence-corrected chi connectivity index (χ3v) is 1.10. The largest absolute Gasteiger partial charge is 0.355 e. The molecule has 1 rings (SSSR count). The van der Waals surface area contributed by atoms with Crippen LogP contribution >= 0.6 is 0 Å². The highest BCUT2D eigenvalue weighted by atomic mass is 15.1. The Bertz CT molecular complexity index is 152. The summed E-state index contributed by atoms with van der Waals surface area (Å²) in [4.78, 5) is 1.71. The summed E-state index contributed by atoms with van der Waals surface area (Å²) in [5.41, 5.74) is 0.699. The summed E-state index contributed by atoms with van der Waals surface area (Å²) in [5.74, 6) is 0. The Kier molecular flexibility index (Phi) is 1.21. The molecule has 2 radical (unpaired) electrons. The monoisotopic (exact) mass is 106 g/mol. The van der Waals surface area contributed by atoms with Crippen LogP contribution in [0.25, 0.3) is 0 Å². The molecular formula is C6H6N2. The van der Waals surface area contributed by atoms with Crippen molar-refractivity contribution in [1.82, 2.24) is 4.90 Å². The van der Waals surface area contributed by atoms with Crippen LogP contribution in [0.5, 0.6) is 0 Å². The molecular weight excluding hydrogens is 100 g/mol. The zero-order chi connectivity index (χ0) is 5.98. The Morgan fingerprint density at radius 3 is 3.00 bits per heavy atom. The van der Waals surface area contributed by atoms with Crippen molar-refractivity contribution in [2.75, 3.05) is 7.05 Å². The molecule has 0 amide bonds. The predicted octanol–water partition coefficient (Wildman–Crippen LogP) is 0.768. The number of nitriles is 1. The second-order valence-corrected chi connectivity index (χ2v) is 1.62. The van der Waals surface area contributed by atoms with Gasteiger partial charge in [-0.3, -0.25) is 0 Å². The number of hydrogen-bond acceptors (Lipinski definition) is 2. The van der Waals surface area contributed by atoms with Gasteiger partial charge in [-0.2, -0.15) is 5.26 Å². The first kappa shape index (κ1) is 5.17. The van der Waals surface area contributed by atoms with E-state index in [4.69, 9.17) is 5.26 Å². The highest BCUT2D eigenvalue weighted by Crippen LogP contribution is 2.13. The maximum absolute atomic E-state index is 8.34. The molecule has 0 spiro atoms. The maximum Gasteiger partial charge on any atom is 0.117 e. The number of allylic oxidation sites excluding steroid dienone is 1. The number of hydrogen-bond donors (Lipinski definition) is 0. The lowest BCUT2D eigenvalue weighted by Crippen LogP contribution is -2.06. The summed E-state index contributed by atoms with van der Waals surface area (Å²) in [6.45, 7) is 2.94. The van der Waals surface area contributed by atoms with Gasteiger partial charge >= 0.3 is 0 Å². The standard InChI is InChI=1S/C6H6N2/c1-8-4-2-3-6(8)5-7/h3H,2H2,1H3. The van der Waals surface area contributed by atoms with E-state index in [0.29, 0.717) is 5.70 Å². The Labute approximate surface area is 49.0 Å². The summed E-state index contributed by atoms with van der Waals surface area (Å²) in [5, 5.41) is 8.34. The quantitative estimate of drug-likeness (QED) is 0.456. The molecule has 1 heterocycles. The molecule has 1 aliphatic rings. The molecule has 0 saturated carbocycles. The fourth-order valence-electron chi connectivity index (χ4n) is 0.622. The van der Waals surface area contributed by atoms with Gasteiger partial charge in [0.1, 0.15) is 11.8 Å². The van der Waals surface area contributed by atoms with Gasteiger partial charge < -0.3 is 4.90 Å². The minimum atomic E-state index is 0.699. The van der Waals surface area contributed by atoms with Crippen molar-refractivity contribution in [2.45, 2.75) is 6.42 Å². The van der Waals surface area contributed by atoms with E-state index in [1.165, 1.54) is 0 Å². The molecule has 2 heteroatoms. The summed E-state index contributed by atoms with van der Waals surface area (Å²) in [6, 6.07) is 2.04. The van der Waals surface area contributed by atoms with Crippen LogP contribution in [0, 0.1) is 17.9 Å². The van der Waals surface area contributed by atoms with E-state index in [0.717, 1.165) is 6.42 Å². The van der Waals surface area contributed by atoms with Crippen molar-refractivity contribution in [1.29, 1.82) is 5.26 Å². The SMILES string of the molecule is CN1[C]CC=C1C#N. The molecule has 0 aromatic carbocycles. The molecule has 40 valence electrons. The van der Waals surface area contributed by atoms with Gasteiger partial charge in [-0.15, -0.1) is 0 Å². The highest BCUT2D eigenvalue weighted by Gasteiger charge is 2.08. The fraction of sp³-hybridized carbons (Fsp3) is 0.333. The fourth-order valence-corrected chi connectivity index (χ4v) is 0.622.